The molecule has 11 aromatic rings. The molecular formula is C64H45NO. The Morgan fingerprint density at radius 3 is 1.71 bits per heavy atom. The molecule has 2 aliphatic rings. The lowest BCUT2D eigenvalue weighted by Gasteiger charge is -2.34. The first kappa shape index (κ1) is 38.3. The van der Waals surface area contributed by atoms with Crippen molar-refractivity contribution in [2.45, 2.75) is 24.7 Å². The van der Waals surface area contributed by atoms with Crippen LogP contribution in [-0.4, -0.2) is 0 Å². The highest BCUT2D eigenvalue weighted by Crippen LogP contribution is 2.59. The number of hydrogen-bond donors (Lipinski definition) is 0. The first-order valence-electron chi connectivity index (χ1n) is 23.0. The molecule has 2 aliphatic carbocycles. The lowest BCUT2D eigenvalue weighted by Crippen LogP contribution is -2.28. The Morgan fingerprint density at radius 2 is 0.924 bits per heavy atom. The molecular weight excluding hydrogens is 799 g/mol. The van der Waals surface area contributed by atoms with Gasteiger partial charge in [-0.2, -0.15) is 0 Å². The molecule has 66 heavy (non-hydrogen) atoms. The smallest absolute Gasteiger partial charge is 0.135 e. The summed E-state index contributed by atoms with van der Waals surface area (Å²) in [4.78, 5) is 2.48. The predicted molar refractivity (Wildman–Crippen MR) is 274 cm³/mol. The van der Waals surface area contributed by atoms with Gasteiger partial charge in [-0.05, 0) is 127 Å². The van der Waals surface area contributed by atoms with Crippen molar-refractivity contribution in [2.24, 2.45) is 0 Å². The van der Waals surface area contributed by atoms with E-state index in [0.717, 1.165) is 50.1 Å². The number of furan rings is 1. The molecule has 10 aromatic carbocycles. The van der Waals surface area contributed by atoms with Crippen LogP contribution in [0.5, 0.6) is 0 Å². The average molecular weight is 844 g/mol. The normalized spacial score (nSPS) is 13.8. The van der Waals surface area contributed by atoms with E-state index < -0.39 is 5.41 Å². The quantitative estimate of drug-likeness (QED) is 0.159. The maximum atomic E-state index is 6.25. The van der Waals surface area contributed by atoms with Gasteiger partial charge in [0.2, 0.25) is 0 Å². The molecule has 1 heterocycles. The number of nitrogens with zero attached hydrogens (tertiary/aromatic N) is 1. The number of rotatable bonds is 7. The second-order valence-electron chi connectivity index (χ2n) is 18.4. The van der Waals surface area contributed by atoms with Crippen LogP contribution in [0.3, 0.4) is 0 Å². The van der Waals surface area contributed by atoms with E-state index in [-0.39, 0.29) is 5.41 Å². The highest BCUT2D eigenvalue weighted by molar-refractivity contribution is 6.06. The monoisotopic (exact) mass is 843 g/mol. The summed E-state index contributed by atoms with van der Waals surface area (Å²) < 4.78 is 6.25. The van der Waals surface area contributed by atoms with Crippen molar-refractivity contribution >= 4 is 39.0 Å². The molecule has 0 saturated heterocycles. The molecule has 0 atom stereocenters. The molecule has 0 saturated carbocycles. The van der Waals surface area contributed by atoms with Gasteiger partial charge in [-0.1, -0.05) is 196 Å². The molecule has 0 aliphatic heterocycles. The fourth-order valence-electron chi connectivity index (χ4n) is 11.5. The third-order valence-electron chi connectivity index (χ3n) is 14.6. The van der Waals surface area contributed by atoms with Crippen LogP contribution in [0.25, 0.3) is 66.4 Å². The third-order valence-corrected chi connectivity index (χ3v) is 14.6. The summed E-state index contributed by atoms with van der Waals surface area (Å²) in [6.45, 7) is 4.71. The number of para-hydroxylation sites is 1. The summed E-state index contributed by atoms with van der Waals surface area (Å²) in [7, 11) is 0. The van der Waals surface area contributed by atoms with Crippen molar-refractivity contribution in [3.05, 3.63) is 270 Å². The van der Waals surface area contributed by atoms with Gasteiger partial charge in [0, 0.05) is 33.1 Å². The van der Waals surface area contributed by atoms with Crippen LogP contribution >= 0.6 is 0 Å². The van der Waals surface area contributed by atoms with Crippen LogP contribution < -0.4 is 4.90 Å². The average Bonchev–Trinajstić information content (AvgIpc) is 3.98. The highest BCUT2D eigenvalue weighted by atomic mass is 16.3. The zero-order chi connectivity index (χ0) is 44.0. The fraction of sp³-hybridized carbons (Fsp3) is 0.0625. The lowest BCUT2D eigenvalue weighted by atomic mass is 9.68. The molecule has 0 fully saturated rings. The van der Waals surface area contributed by atoms with Crippen molar-refractivity contribution in [3.8, 4) is 44.5 Å². The van der Waals surface area contributed by atoms with Gasteiger partial charge in [-0.25, -0.2) is 0 Å². The zero-order valence-electron chi connectivity index (χ0n) is 36.9. The van der Waals surface area contributed by atoms with Crippen LogP contribution in [0.15, 0.2) is 241 Å². The molecule has 312 valence electrons. The van der Waals surface area contributed by atoms with E-state index in [2.05, 4.69) is 243 Å². The standard InChI is InChI=1S/C64H45NO/c1-63(2)55-26-12-9-23-50(55)51-37-33-45(41-58(51)63)42-31-35-48(36-32-42)65(49-22-15-17-43(39-49)44-34-38-61-54(40-44)52-24-11-14-30-60(52)66-61)59-29-16-28-57-62(59)53-25-10-13-27-56(53)64(57,46-18-5-3-6-19-46)47-20-7-4-8-21-47/h3-41H,1-2H3. The minimum absolute atomic E-state index is 0.0718. The Labute approximate surface area is 385 Å². The van der Waals surface area contributed by atoms with Crippen LogP contribution in [0.1, 0.15) is 47.2 Å². The van der Waals surface area contributed by atoms with Crippen molar-refractivity contribution in [3.63, 3.8) is 0 Å². The molecule has 0 spiro atoms. The van der Waals surface area contributed by atoms with E-state index in [0.29, 0.717) is 0 Å². The zero-order valence-corrected chi connectivity index (χ0v) is 36.9. The van der Waals surface area contributed by atoms with Gasteiger partial charge >= 0.3 is 0 Å². The second kappa shape index (κ2) is 14.7. The lowest BCUT2D eigenvalue weighted by molar-refractivity contribution is 0.660. The minimum atomic E-state index is -0.522. The molecule has 0 N–H and O–H groups in total. The second-order valence-corrected chi connectivity index (χ2v) is 18.4. The maximum Gasteiger partial charge on any atom is 0.135 e. The third kappa shape index (κ3) is 5.61. The molecule has 0 unspecified atom stereocenters. The van der Waals surface area contributed by atoms with E-state index in [9.17, 15) is 0 Å². The highest BCUT2D eigenvalue weighted by Gasteiger charge is 2.47. The van der Waals surface area contributed by atoms with Gasteiger partial charge in [0.05, 0.1) is 11.1 Å². The first-order chi connectivity index (χ1) is 32.5. The van der Waals surface area contributed by atoms with Crippen molar-refractivity contribution in [1.29, 1.82) is 0 Å². The van der Waals surface area contributed by atoms with E-state index in [1.54, 1.807) is 0 Å². The molecule has 1 aromatic heterocycles. The van der Waals surface area contributed by atoms with Crippen molar-refractivity contribution < 1.29 is 4.42 Å². The summed E-state index contributed by atoms with van der Waals surface area (Å²) in [5.41, 5.74) is 22.2. The Balaban J connectivity index is 1.01. The molecule has 13 rings (SSSR count). The molecule has 0 amide bonds. The number of fused-ring (bicyclic) bond motifs is 9. The van der Waals surface area contributed by atoms with E-state index >= 15 is 0 Å². The molecule has 0 bridgehead atoms. The summed E-state index contributed by atoms with van der Waals surface area (Å²) in [6, 6.07) is 87.1. The fourth-order valence-corrected chi connectivity index (χ4v) is 11.5. The van der Waals surface area contributed by atoms with Gasteiger partial charge in [0.25, 0.3) is 0 Å². The van der Waals surface area contributed by atoms with Crippen LogP contribution in [-0.2, 0) is 10.8 Å². The summed E-state index contributed by atoms with van der Waals surface area (Å²) in [5, 5.41) is 2.25. The molecule has 0 radical (unpaired) electrons. The largest absolute Gasteiger partial charge is 0.456 e. The van der Waals surface area contributed by atoms with Gasteiger partial charge in [0.15, 0.2) is 0 Å². The Kier molecular flexibility index (Phi) is 8.51. The number of hydrogen-bond acceptors (Lipinski definition) is 2. The van der Waals surface area contributed by atoms with Crippen molar-refractivity contribution in [1.82, 2.24) is 0 Å². The topological polar surface area (TPSA) is 16.4 Å². The van der Waals surface area contributed by atoms with Crippen molar-refractivity contribution in [2.75, 3.05) is 4.90 Å². The number of anilines is 3. The molecule has 2 nitrogen and oxygen atoms in total. The van der Waals surface area contributed by atoms with E-state index in [1.165, 1.54) is 66.8 Å². The number of benzene rings is 10. The van der Waals surface area contributed by atoms with Crippen LogP contribution in [0.2, 0.25) is 0 Å². The van der Waals surface area contributed by atoms with Gasteiger partial charge < -0.3 is 9.32 Å². The van der Waals surface area contributed by atoms with Crippen LogP contribution in [0.4, 0.5) is 17.1 Å². The summed E-state index contributed by atoms with van der Waals surface area (Å²) in [6.07, 6.45) is 0. The van der Waals surface area contributed by atoms with Gasteiger partial charge in [-0.15, -0.1) is 0 Å². The maximum absolute atomic E-state index is 6.25. The SMILES string of the molecule is CC1(C)c2ccccc2-c2ccc(-c3ccc(N(c4cccc(-c5ccc6oc7ccccc7c6c5)c4)c4cccc5c4-c4ccccc4C5(c4ccccc4)c4ccccc4)cc3)cc21. The Hall–Kier alpha value is -8.20. The van der Waals surface area contributed by atoms with Gasteiger partial charge in [-0.3, -0.25) is 0 Å². The first-order valence-corrected chi connectivity index (χ1v) is 23.0. The predicted octanol–water partition coefficient (Wildman–Crippen LogP) is 17.1. The summed E-state index contributed by atoms with van der Waals surface area (Å²) >= 11 is 0. The Bertz CT molecular complexity index is 3630. The van der Waals surface area contributed by atoms with Gasteiger partial charge in [0.1, 0.15) is 11.2 Å². The Morgan fingerprint density at radius 1 is 0.348 bits per heavy atom. The molecule has 2 heteroatoms. The minimum Gasteiger partial charge on any atom is -0.456 e. The van der Waals surface area contributed by atoms with Crippen LogP contribution in [0, 0.1) is 0 Å². The van der Waals surface area contributed by atoms with E-state index in [4.69, 9.17) is 4.42 Å². The summed E-state index contributed by atoms with van der Waals surface area (Å²) in [5.74, 6) is 0. The van der Waals surface area contributed by atoms with E-state index in [1.807, 2.05) is 12.1 Å².